The molecule has 0 aliphatic heterocycles. The van der Waals surface area contributed by atoms with Gasteiger partial charge in [-0.1, -0.05) is 19.9 Å². The number of hydrogen-bond acceptors (Lipinski definition) is 6. The summed E-state index contributed by atoms with van der Waals surface area (Å²) in [7, 11) is 1.50. The summed E-state index contributed by atoms with van der Waals surface area (Å²) in [6.07, 6.45) is 1.39. The predicted molar refractivity (Wildman–Crippen MR) is 94.2 cm³/mol. The summed E-state index contributed by atoms with van der Waals surface area (Å²) < 4.78 is 0. The number of carbonyl (C=O) groups excluding carboxylic acids is 1. The summed E-state index contributed by atoms with van der Waals surface area (Å²) in [6.45, 7) is 4.00. The lowest BCUT2D eigenvalue weighted by molar-refractivity contribution is -0.384. The number of nitrogens with two attached hydrogens (primary N) is 1. The number of non-ortho nitro benzene ring substituents is 1. The maximum atomic E-state index is 11.7. The number of hydrogen-bond donors (Lipinski definition) is 3. The molecule has 0 saturated heterocycles. The van der Waals surface area contributed by atoms with E-state index in [4.69, 9.17) is 11.6 Å². The van der Waals surface area contributed by atoms with E-state index in [0.717, 1.165) is 0 Å². The Balaban J connectivity index is 0.00000123. The number of carbonyl (C=O) groups is 1. The zero-order valence-electron chi connectivity index (χ0n) is 13.5. The molecule has 0 spiro atoms. The molecule has 0 radical (unpaired) electrons. The number of urea groups is 1. The van der Waals surface area contributed by atoms with Crippen LogP contribution in [0.25, 0.3) is 0 Å². The number of anilines is 2. The van der Waals surface area contributed by atoms with Crippen LogP contribution in [-0.4, -0.2) is 28.0 Å². The van der Waals surface area contributed by atoms with Gasteiger partial charge in [-0.05, 0) is 30.8 Å². The Bertz CT molecular complexity index is 668. The number of amides is 2. The van der Waals surface area contributed by atoms with Crippen molar-refractivity contribution in [2.75, 3.05) is 17.7 Å². The minimum absolute atomic E-state index is 0.00171. The molecule has 0 fully saturated rings. The van der Waals surface area contributed by atoms with Crippen molar-refractivity contribution in [2.24, 2.45) is 5.73 Å². The lowest BCUT2D eigenvalue weighted by Gasteiger charge is -2.06. The van der Waals surface area contributed by atoms with Crippen molar-refractivity contribution in [1.29, 1.82) is 0 Å². The fraction of sp³-hybridized carbons (Fsp3) is 0.214. The minimum Gasteiger partial charge on any atom is -0.333 e. The smallest absolute Gasteiger partial charge is 0.324 e. The minimum atomic E-state index is -0.597. The summed E-state index contributed by atoms with van der Waals surface area (Å²) in [5.41, 5.74) is 4.67. The Morgan fingerprint density at radius 1 is 1.25 bits per heavy atom. The summed E-state index contributed by atoms with van der Waals surface area (Å²) in [6, 6.07) is 6.42. The molecule has 2 amide bonds. The number of nitrogens with zero attached hydrogens (tertiary/aromatic N) is 3. The van der Waals surface area contributed by atoms with Gasteiger partial charge >= 0.3 is 6.03 Å². The number of nitro benzene ring substituents is 1. The Morgan fingerprint density at radius 3 is 2.50 bits per heavy atom. The number of benzene rings is 1. The summed E-state index contributed by atoms with van der Waals surface area (Å²) in [5, 5.41) is 15.5. The SMILES string of the molecule is CC.CN.O=C(Nc1cccc([N+](=O)[O-])c1)Nc1ccnc(Cl)n1. The molecule has 0 unspecified atom stereocenters. The lowest BCUT2D eigenvalue weighted by Crippen LogP contribution is -2.20. The van der Waals surface area contributed by atoms with Gasteiger partial charge in [0, 0.05) is 24.0 Å². The quantitative estimate of drug-likeness (QED) is 0.439. The van der Waals surface area contributed by atoms with Gasteiger partial charge in [0.2, 0.25) is 5.28 Å². The van der Waals surface area contributed by atoms with Gasteiger partial charge < -0.3 is 11.1 Å². The fourth-order valence-electron chi connectivity index (χ4n) is 1.38. The summed E-state index contributed by atoms with van der Waals surface area (Å²) in [5.74, 6) is 0.216. The number of rotatable bonds is 3. The van der Waals surface area contributed by atoms with E-state index in [1.54, 1.807) is 0 Å². The Kier molecular flexibility index (Phi) is 10.4. The van der Waals surface area contributed by atoms with Crippen molar-refractivity contribution < 1.29 is 9.72 Å². The van der Waals surface area contributed by atoms with Crippen molar-refractivity contribution in [1.82, 2.24) is 9.97 Å². The number of halogens is 1. The largest absolute Gasteiger partial charge is 0.333 e. The maximum Gasteiger partial charge on any atom is 0.324 e. The normalized spacial score (nSPS) is 8.71. The van der Waals surface area contributed by atoms with Crippen molar-refractivity contribution in [3.63, 3.8) is 0 Å². The second kappa shape index (κ2) is 11.7. The zero-order valence-corrected chi connectivity index (χ0v) is 14.2. The highest BCUT2D eigenvalue weighted by Crippen LogP contribution is 2.17. The van der Waals surface area contributed by atoms with Crippen LogP contribution in [0.5, 0.6) is 0 Å². The van der Waals surface area contributed by atoms with Gasteiger partial charge in [-0.3, -0.25) is 15.4 Å². The molecule has 9 nitrogen and oxygen atoms in total. The van der Waals surface area contributed by atoms with E-state index in [1.165, 1.54) is 43.6 Å². The molecule has 1 heterocycles. The zero-order chi connectivity index (χ0) is 18.5. The fourth-order valence-corrected chi connectivity index (χ4v) is 1.53. The lowest BCUT2D eigenvalue weighted by atomic mass is 10.3. The standard InChI is InChI=1S/C11H8ClN5O3.C2H6.CH5N/c12-10-13-5-4-9(15-10)16-11(18)14-7-2-1-3-8(6-7)17(19)20;2*1-2/h1-6H,(H2,13,14,15,16,18);1-2H3;2H2,1H3. The first kappa shape index (κ1) is 21.2. The van der Waals surface area contributed by atoms with Crippen molar-refractivity contribution >= 4 is 34.8 Å². The van der Waals surface area contributed by atoms with Gasteiger partial charge in [0.15, 0.2) is 0 Å². The molecule has 0 aliphatic carbocycles. The van der Waals surface area contributed by atoms with E-state index >= 15 is 0 Å². The molecule has 24 heavy (non-hydrogen) atoms. The van der Waals surface area contributed by atoms with Crippen LogP contribution in [0.3, 0.4) is 0 Å². The number of nitro groups is 1. The molecule has 2 rings (SSSR count). The second-order valence-corrected chi connectivity index (χ2v) is 3.94. The third kappa shape index (κ3) is 7.47. The first-order chi connectivity index (χ1) is 11.5. The van der Waals surface area contributed by atoms with Crippen LogP contribution in [0.15, 0.2) is 36.5 Å². The Morgan fingerprint density at radius 2 is 1.92 bits per heavy atom. The van der Waals surface area contributed by atoms with Crippen LogP contribution in [0, 0.1) is 10.1 Å². The highest BCUT2D eigenvalue weighted by molar-refractivity contribution is 6.28. The van der Waals surface area contributed by atoms with Crippen LogP contribution in [0.4, 0.5) is 22.0 Å². The van der Waals surface area contributed by atoms with Crippen LogP contribution in [-0.2, 0) is 0 Å². The van der Waals surface area contributed by atoms with Crippen LogP contribution < -0.4 is 16.4 Å². The summed E-state index contributed by atoms with van der Waals surface area (Å²) >= 11 is 5.58. The van der Waals surface area contributed by atoms with Gasteiger partial charge in [0.05, 0.1) is 4.92 Å². The van der Waals surface area contributed by atoms with Gasteiger partial charge in [-0.2, -0.15) is 0 Å². The molecule has 130 valence electrons. The van der Waals surface area contributed by atoms with Crippen molar-refractivity contribution in [3.8, 4) is 0 Å². The number of aromatic nitrogens is 2. The Labute approximate surface area is 144 Å². The van der Waals surface area contributed by atoms with E-state index < -0.39 is 11.0 Å². The average Bonchev–Trinajstić information content (AvgIpc) is 2.58. The number of nitrogens with one attached hydrogen (secondary N) is 2. The van der Waals surface area contributed by atoms with E-state index in [2.05, 4.69) is 26.3 Å². The first-order valence-electron chi connectivity index (χ1n) is 6.93. The van der Waals surface area contributed by atoms with Gasteiger partial charge in [0.1, 0.15) is 5.82 Å². The van der Waals surface area contributed by atoms with Crippen LogP contribution in [0.2, 0.25) is 5.28 Å². The van der Waals surface area contributed by atoms with E-state index in [-0.39, 0.29) is 22.5 Å². The van der Waals surface area contributed by atoms with Crippen molar-refractivity contribution in [3.05, 3.63) is 51.9 Å². The summed E-state index contributed by atoms with van der Waals surface area (Å²) in [4.78, 5) is 29.2. The topological polar surface area (TPSA) is 136 Å². The molecule has 4 N–H and O–H groups in total. The van der Waals surface area contributed by atoms with Crippen molar-refractivity contribution in [2.45, 2.75) is 13.8 Å². The molecule has 0 atom stereocenters. The highest BCUT2D eigenvalue weighted by Gasteiger charge is 2.08. The maximum absolute atomic E-state index is 11.7. The van der Waals surface area contributed by atoms with Crippen LogP contribution in [0.1, 0.15) is 13.8 Å². The van der Waals surface area contributed by atoms with Gasteiger partial charge in [-0.15, -0.1) is 0 Å². The molecule has 0 saturated carbocycles. The highest BCUT2D eigenvalue weighted by atomic mass is 35.5. The molecular weight excluding hydrogens is 336 g/mol. The van der Waals surface area contributed by atoms with E-state index in [9.17, 15) is 14.9 Å². The second-order valence-electron chi connectivity index (χ2n) is 3.60. The van der Waals surface area contributed by atoms with Gasteiger partial charge in [-0.25, -0.2) is 14.8 Å². The molecule has 10 heteroatoms. The monoisotopic (exact) mass is 354 g/mol. The molecule has 1 aromatic carbocycles. The molecule has 0 aliphatic rings. The van der Waals surface area contributed by atoms with Gasteiger partial charge in [0.25, 0.3) is 5.69 Å². The molecular formula is C14H19ClN6O3. The first-order valence-corrected chi connectivity index (χ1v) is 7.31. The molecule has 1 aromatic heterocycles. The molecule has 0 bridgehead atoms. The third-order valence-corrected chi connectivity index (χ3v) is 2.36. The van der Waals surface area contributed by atoms with E-state index in [1.807, 2.05) is 13.8 Å². The Hall–Kier alpha value is -2.78. The molecule has 2 aromatic rings. The van der Waals surface area contributed by atoms with E-state index in [0.29, 0.717) is 0 Å². The predicted octanol–water partition coefficient (Wildman–Crippen LogP) is 3.28. The average molecular weight is 355 g/mol. The van der Waals surface area contributed by atoms with Crippen LogP contribution >= 0.6 is 11.6 Å². The third-order valence-electron chi connectivity index (χ3n) is 2.18.